The predicted octanol–water partition coefficient (Wildman–Crippen LogP) is 3.40. The van der Waals surface area contributed by atoms with Crippen molar-refractivity contribution in [3.05, 3.63) is 34.3 Å². The molecule has 3 atom stereocenters. The zero-order valence-electron chi connectivity index (χ0n) is 10.5. The molecule has 1 aromatic rings. The molecule has 0 unspecified atom stereocenters. The van der Waals surface area contributed by atoms with Gasteiger partial charge in [-0.1, -0.05) is 40.9 Å². The maximum atomic E-state index is 10.8. The highest BCUT2D eigenvalue weighted by Gasteiger charge is 2.45. The summed E-state index contributed by atoms with van der Waals surface area (Å²) in [6.45, 7) is 0.924. The molecule has 1 heterocycles. The van der Waals surface area contributed by atoms with Crippen molar-refractivity contribution in [3.63, 3.8) is 0 Å². The van der Waals surface area contributed by atoms with E-state index in [-0.39, 0.29) is 0 Å². The maximum Gasteiger partial charge on any atom is 0.0706 e. The van der Waals surface area contributed by atoms with Gasteiger partial charge < -0.3 is 10.4 Å². The molecule has 1 saturated heterocycles. The van der Waals surface area contributed by atoms with Crippen LogP contribution in [0.15, 0.2) is 28.7 Å². The highest BCUT2D eigenvalue weighted by atomic mass is 79.9. The zero-order valence-corrected chi connectivity index (χ0v) is 12.1. The smallest absolute Gasteiger partial charge is 0.0706 e. The van der Waals surface area contributed by atoms with Crippen molar-refractivity contribution in [1.29, 1.82) is 0 Å². The van der Waals surface area contributed by atoms with Crippen LogP contribution in [0, 0.1) is 5.92 Å². The van der Waals surface area contributed by atoms with E-state index in [9.17, 15) is 5.11 Å². The Morgan fingerprint density at radius 1 is 1.17 bits per heavy atom. The second kappa shape index (κ2) is 4.95. The van der Waals surface area contributed by atoms with E-state index in [1.807, 2.05) is 0 Å². The van der Waals surface area contributed by atoms with Crippen LogP contribution in [-0.4, -0.2) is 17.3 Å². The highest BCUT2D eigenvalue weighted by Crippen LogP contribution is 2.45. The molecule has 1 aliphatic heterocycles. The molecular weight excluding hydrogens is 290 g/mol. The number of fused-ring (bicyclic) bond motifs is 1. The fourth-order valence-corrected chi connectivity index (χ4v) is 3.91. The first kappa shape index (κ1) is 12.6. The van der Waals surface area contributed by atoms with E-state index in [1.165, 1.54) is 18.4 Å². The molecule has 2 aliphatic rings. The summed E-state index contributed by atoms with van der Waals surface area (Å²) >= 11 is 3.48. The Morgan fingerprint density at radius 2 is 1.94 bits per heavy atom. The Morgan fingerprint density at radius 3 is 2.72 bits per heavy atom. The standard InChI is InChI=1S/C15H20BrNO/c16-12-6-4-11(5-7-12)14-13-3-1-2-8-15(13,18)9-10-17-14/h4-7,13-14,17-18H,1-3,8-10H2/t13-,14+,15-/m0/s1. The second-order valence-electron chi connectivity index (χ2n) is 5.69. The first-order chi connectivity index (χ1) is 8.69. The number of hydrogen-bond donors (Lipinski definition) is 2. The molecule has 98 valence electrons. The largest absolute Gasteiger partial charge is 0.389 e. The van der Waals surface area contributed by atoms with E-state index in [4.69, 9.17) is 0 Å². The predicted molar refractivity (Wildman–Crippen MR) is 76.4 cm³/mol. The van der Waals surface area contributed by atoms with E-state index in [0.29, 0.717) is 12.0 Å². The molecule has 0 radical (unpaired) electrons. The van der Waals surface area contributed by atoms with Crippen molar-refractivity contribution in [2.75, 3.05) is 6.54 Å². The van der Waals surface area contributed by atoms with Crippen LogP contribution in [0.4, 0.5) is 0 Å². The van der Waals surface area contributed by atoms with Gasteiger partial charge in [-0.15, -0.1) is 0 Å². The van der Waals surface area contributed by atoms with Crippen molar-refractivity contribution in [2.24, 2.45) is 5.92 Å². The van der Waals surface area contributed by atoms with Gasteiger partial charge in [-0.05, 0) is 43.5 Å². The lowest BCUT2D eigenvalue weighted by Crippen LogP contribution is -2.53. The Labute approximate surface area is 117 Å². The lowest BCUT2D eigenvalue weighted by Gasteiger charge is -2.48. The molecule has 3 heteroatoms. The summed E-state index contributed by atoms with van der Waals surface area (Å²) in [7, 11) is 0. The third kappa shape index (κ3) is 2.24. The molecule has 18 heavy (non-hydrogen) atoms. The molecule has 2 nitrogen and oxygen atoms in total. The third-order valence-corrected chi connectivity index (χ3v) is 5.15. The normalized spacial score (nSPS) is 36.1. The van der Waals surface area contributed by atoms with Gasteiger partial charge in [0.15, 0.2) is 0 Å². The van der Waals surface area contributed by atoms with Crippen molar-refractivity contribution < 1.29 is 5.11 Å². The lowest BCUT2D eigenvalue weighted by molar-refractivity contribution is -0.0861. The summed E-state index contributed by atoms with van der Waals surface area (Å²) in [6.07, 6.45) is 5.46. The van der Waals surface area contributed by atoms with E-state index >= 15 is 0 Å². The van der Waals surface area contributed by atoms with Crippen molar-refractivity contribution in [2.45, 2.75) is 43.7 Å². The van der Waals surface area contributed by atoms with Gasteiger partial charge in [0.1, 0.15) is 0 Å². The summed E-state index contributed by atoms with van der Waals surface area (Å²) < 4.78 is 1.11. The Hall–Kier alpha value is -0.380. The molecule has 2 fully saturated rings. The molecule has 0 spiro atoms. The number of nitrogens with one attached hydrogen (secondary N) is 1. The minimum absolute atomic E-state index is 0.317. The van der Waals surface area contributed by atoms with Gasteiger partial charge in [0, 0.05) is 16.4 Å². The summed E-state index contributed by atoms with van der Waals surface area (Å²) in [5, 5.41) is 14.4. The maximum absolute atomic E-state index is 10.8. The number of piperidine rings is 1. The van der Waals surface area contributed by atoms with Gasteiger partial charge in [-0.3, -0.25) is 0 Å². The minimum Gasteiger partial charge on any atom is -0.389 e. The molecular formula is C15H20BrNO. The van der Waals surface area contributed by atoms with E-state index in [1.54, 1.807) is 0 Å². The Balaban J connectivity index is 1.88. The van der Waals surface area contributed by atoms with Crippen LogP contribution >= 0.6 is 15.9 Å². The van der Waals surface area contributed by atoms with Crippen molar-refractivity contribution >= 4 is 15.9 Å². The van der Waals surface area contributed by atoms with Gasteiger partial charge in [-0.2, -0.15) is 0 Å². The quantitative estimate of drug-likeness (QED) is 0.833. The number of aliphatic hydroxyl groups is 1. The lowest BCUT2D eigenvalue weighted by atomic mass is 9.67. The van der Waals surface area contributed by atoms with Crippen LogP contribution in [0.2, 0.25) is 0 Å². The number of hydrogen-bond acceptors (Lipinski definition) is 2. The summed E-state index contributed by atoms with van der Waals surface area (Å²) in [5.41, 5.74) is 0.879. The summed E-state index contributed by atoms with van der Waals surface area (Å²) in [6, 6.07) is 8.84. The van der Waals surface area contributed by atoms with Crippen molar-refractivity contribution in [3.8, 4) is 0 Å². The summed E-state index contributed by atoms with van der Waals surface area (Å²) in [4.78, 5) is 0. The summed E-state index contributed by atoms with van der Waals surface area (Å²) in [5.74, 6) is 0.376. The van der Waals surface area contributed by atoms with E-state index in [2.05, 4.69) is 45.5 Å². The minimum atomic E-state index is -0.429. The van der Waals surface area contributed by atoms with Crippen LogP contribution in [0.3, 0.4) is 0 Å². The van der Waals surface area contributed by atoms with Crippen molar-refractivity contribution in [1.82, 2.24) is 5.32 Å². The first-order valence-electron chi connectivity index (χ1n) is 6.90. The molecule has 1 saturated carbocycles. The van der Waals surface area contributed by atoms with Crippen LogP contribution < -0.4 is 5.32 Å². The van der Waals surface area contributed by atoms with E-state index in [0.717, 1.165) is 30.3 Å². The van der Waals surface area contributed by atoms with Gasteiger partial charge >= 0.3 is 0 Å². The fraction of sp³-hybridized carbons (Fsp3) is 0.600. The average Bonchev–Trinajstić information content (AvgIpc) is 2.38. The van der Waals surface area contributed by atoms with Crippen LogP contribution in [0.1, 0.15) is 43.7 Å². The van der Waals surface area contributed by atoms with Crippen LogP contribution in [0.25, 0.3) is 0 Å². The topological polar surface area (TPSA) is 32.3 Å². The molecule has 2 N–H and O–H groups in total. The van der Waals surface area contributed by atoms with Crippen LogP contribution in [0.5, 0.6) is 0 Å². The number of rotatable bonds is 1. The molecule has 0 aromatic heterocycles. The molecule has 0 bridgehead atoms. The number of halogens is 1. The first-order valence-corrected chi connectivity index (χ1v) is 7.70. The second-order valence-corrected chi connectivity index (χ2v) is 6.60. The highest BCUT2D eigenvalue weighted by molar-refractivity contribution is 9.10. The van der Waals surface area contributed by atoms with Gasteiger partial charge in [0.05, 0.1) is 5.60 Å². The van der Waals surface area contributed by atoms with Gasteiger partial charge in [0.25, 0.3) is 0 Å². The third-order valence-electron chi connectivity index (χ3n) is 4.62. The Bertz CT molecular complexity index is 415. The fourth-order valence-electron chi connectivity index (χ4n) is 3.64. The monoisotopic (exact) mass is 309 g/mol. The molecule has 1 aromatic carbocycles. The van der Waals surface area contributed by atoms with Gasteiger partial charge in [0.2, 0.25) is 0 Å². The SMILES string of the molecule is O[C@]12CCCC[C@H]1[C@@H](c1ccc(Br)cc1)NCC2. The molecule has 0 amide bonds. The van der Waals surface area contributed by atoms with Gasteiger partial charge in [-0.25, -0.2) is 0 Å². The molecule has 3 rings (SSSR count). The number of benzene rings is 1. The zero-order chi connectivity index (χ0) is 12.6. The average molecular weight is 310 g/mol. The van der Waals surface area contributed by atoms with Crippen LogP contribution in [-0.2, 0) is 0 Å². The van der Waals surface area contributed by atoms with E-state index < -0.39 is 5.60 Å². The molecule has 1 aliphatic carbocycles. The Kier molecular flexibility index (Phi) is 3.48.